The van der Waals surface area contributed by atoms with Gasteiger partial charge < -0.3 is 18.7 Å². The predicted molar refractivity (Wildman–Crippen MR) is 103 cm³/mol. The van der Waals surface area contributed by atoms with E-state index in [0.29, 0.717) is 17.9 Å². The van der Waals surface area contributed by atoms with Gasteiger partial charge in [0.05, 0.1) is 24.8 Å². The summed E-state index contributed by atoms with van der Waals surface area (Å²) in [6.45, 7) is 4.07. The molecule has 0 atom stereocenters. The molecule has 0 aliphatic heterocycles. The largest absolute Gasteiger partial charge is 0.494 e. The van der Waals surface area contributed by atoms with Gasteiger partial charge in [-0.15, -0.1) is 0 Å². The smallest absolute Gasteiger partial charge is 0.310 e. The summed E-state index contributed by atoms with van der Waals surface area (Å²) < 4.78 is 34.6. The van der Waals surface area contributed by atoms with Crippen molar-refractivity contribution in [2.45, 2.75) is 33.5 Å². The summed E-state index contributed by atoms with van der Waals surface area (Å²) >= 11 is 0. The van der Waals surface area contributed by atoms with E-state index in [1.165, 1.54) is 19.2 Å². The van der Waals surface area contributed by atoms with Crippen LogP contribution >= 0.6 is 0 Å². The van der Waals surface area contributed by atoms with Gasteiger partial charge in [0.15, 0.2) is 11.6 Å². The van der Waals surface area contributed by atoms with Crippen molar-refractivity contribution in [1.29, 1.82) is 0 Å². The molecule has 3 aromatic rings. The van der Waals surface area contributed by atoms with Crippen LogP contribution in [0.1, 0.15) is 28.1 Å². The lowest BCUT2D eigenvalue weighted by Gasteiger charge is -2.08. The van der Waals surface area contributed by atoms with E-state index >= 15 is 0 Å². The lowest BCUT2D eigenvalue weighted by molar-refractivity contribution is -0.144. The van der Waals surface area contributed by atoms with Gasteiger partial charge in [-0.1, -0.05) is 23.4 Å². The van der Waals surface area contributed by atoms with Crippen LogP contribution in [0.4, 0.5) is 4.39 Å². The first-order valence-corrected chi connectivity index (χ1v) is 9.07. The lowest BCUT2D eigenvalue weighted by Crippen LogP contribution is -2.08. The molecule has 0 N–H and O–H groups in total. The van der Waals surface area contributed by atoms with Crippen molar-refractivity contribution >= 4 is 5.97 Å². The zero-order chi connectivity index (χ0) is 20.8. The molecule has 0 spiro atoms. The molecule has 0 radical (unpaired) electrons. The Labute approximate surface area is 168 Å². The van der Waals surface area contributed by atoms with Crippen molar-refractivity contribution in [3.8, 4) is 11.5 Å². The number of aromatic nitrogens is 1. The van der Waals surface area contributed by atoms with Crippen LogP contribution in [0.3, 0.4) is 0 Å². The Morgan fingerprint density at radius 2 is 1.79 bits per heavy atom. The Kier molecular flexibility index (Phi) is 6.49. The maximum atomic E-state index is 13.7. The zero-order valence-electron chi connectivity index (χ0n) is 16.5. The second-order valence-electron chi connectivity index (χ2n) is 6.54. The van der Waals surface area contributed by atoms with Gasteiger partial charge in [0, 0.05) is 0 Å². The van der Waals surface area contributed by atoms with Crippen LogP contribution in [0.15, 0.2) is 47.0 Å². The fourth-order valence-electron chi connectivity index (χ4n) is 2.75. The van der Waals surface area contributed by atoms with E-state index in [-0.39, 0.29) is 18.8 Å². The van der Waals surface area contributed by atoms with E-state index in [1.54, 1.807) is 30.3 Å². The molecule has 0 amide bonds. The van der Waals surface area contributed by atoms with Gasteiger partial charge >= 0.3 is 5.97 Å². The normalized spacial score (nSPS) is 10.6. The van der Waals surface area contributed by atoms with Gasteiger partial charge in [0.1, 0.15) is 24.7 Å². The monoisotopic (exact) mass is 399 g/mol. The Balaban J connectivity index is 1.49. The number of benzene rings is 2. The highest BCUT2D eigenvalue weighted by molar-refractivity contribution is 5.72. The highest BCUT2D eigenvalue weighted by Crippen LogP contribution is 2.20. The molecule has 0 bridgehead atoms. The average molecular weight is 399 g/mol. The quantitative estimate of drug-likeness (QED) is 0.526. The van der Waals surface area contributed by atoms with E-state index in [0.717, 1.165) is 22.6 Å². The highest BCUT2D eigenvalue weighted by atomic mass is 19.1. The first kappa shape index (κ1) is 20.4. The number of esters is 1. The maximum Gasteiger partial charge on any atom is 0.310 e. The summed E-state index contributed by atoms with van der Waals surface area (Å²) in [6.07, 6.45) is 0.114. The van der Waals surface area contributed by atoms with E-state index in [2.05, 4.69) is 5.16 Å². The minimum absolute atomic E-state index is 0.00161. The molecule has 0 unspecified atom stereocenters. The number of ether oxygens (including phenoxy) is 3. The van der Waals surface area contributed by atoms with Gasteiger partial charge in [-0.05, 0) is 49.2 Å². The Hall–Kier alpha value is -3.35. The van der Waals surface area contributed by atoms with E-state index < -0.39 is 11.8 Å². The van der Waals surface area contributed by atoms with Gasteiger partial charge in [0.2, 0.25) is 0 Å². The van der Waals surface area contributed by atoms with E-state index in [4.69, 9.17) is 18.7 Å². The van der Waals surface area contributed by atoms with Crippen molar-refractivity contribution in [2.75, 3.05) is 7.11 Å². The fraction of sp³-hybridized carbons (Fsp3) is 0.273. The number of carbonyl (C=O) groups excluding carboxylic acids is 1. The number of halogens is 1. The fourth-order valence-corrected chi connectivity index (χ4v) is 2.75. The highest BCUT2D eigenvalue weighted by Gasteiger charge is 2.11. The maximum absolute atomic E-state index is 13.7. The van der Waals surface area contributed by atoms with Crippen LogP contribution in [0.25, 0.3) is 0 Å². The summed E-state index contributed by atoms with van der Waals surface area (Å²) in [6, 6.07) is 11.6. The van der Waals surface area contributed by atoms with Crippen LogP contribution in [0, 0.1) is 19.7 Å². The summed E-state index contributed by atoms with van der Waals surface area (Å²) in [5, 5.41) is 3.89. The van der Waals surface area contributed by atoms with E-state index in [9.17, 15) is 9.18 Å². The molecular weight excluding hydrogens is 377 g/mol. The number of carbonyl (C=O) groups is 1. The van der Waals surface area contributed by atoms with Crippen LogP contribution in [-0.4, -0.2) is 18.2 Å². The Morgan fingerprint density at radius 1 is 1.07 bits per heavy atom. The second-order valence-corrected chi connectivity index (χ2v) is 6.54. The molecule has 0 saturated carbocycles. The molecule has 29 heavy (non-hydrogen) atoms. The Morgan fingerprint density at radius 3 is 2.41 bits per heavy atom. The third-order valence-corrected chi connectivity index (χ3v) is 4.45. The molecule has 1 aromatic heterocycles. The number of aryl methyl sites for hydroxylation is 2. The van der Waals surface area contributed by atoms with Crippen LogP contribution < -0.4 is 9.47 Å². The average Bonchev–Trinajstić information content (AvgIpc) is 3.03. The molecule has 0 aliphatic rings. The summed E-state index contributed by atoms with van der Waals surface area (Å²) in [5.74, 6) is 0.671. The molecule has 0 fully saturated rings. The van der Waals surface area contributed by atoms with Crippen molar-refractivity contribution in [3.63, 3.8) is 0 Å². The molecule has 0 aliphatic carbocycles. The molecule has 6 nitrogen and oxygen atoms in total. The molecule has 152 valence electrons. The summed E-state index contributed by atoms with van der Waals surface area (Å²) in [4.78, 5) is 12.0. The zero-order valence-corrected chi connectivity index (χ0v) is 16.5. The standard InChI is InChI=1S/C22H22FNO5/c1-14-19(15(2)29-24-14)13-27-18-7-4-16(5-8-18)11-22(25)28-12-17-6-9-21(26-3)20(23)10-17/h4-10H,11-13H2,1-3H3. The third kappa shape index (κ3) is 5.34. The number of hydrogen-bond acceptors (Lipinski definition) is 6. The number of methoxy groups -OCH3 is 1. The van der Waals surface area contributed by atoms with Gasteiger partial charge in [-0.3, -0.25) is 4.79 Å². The van der Waals surface area contributed by atoms with Gasteiger partial charge in [-0.25, -0.2) is 4.39 Å². The lowest BCUT2D eigenvalue weighted by atomic mass is 10.1. The van der Waals surface area contributed by atoms with Crippen LogP contribution in [-0.2, 0) is 29.2 Å². The molecule has 0 saturated heterocycles. The van der Waals surface area contributed by atoms with Crippen LogP contribution in [0.5, 0.6) is 11.5 Å². The summed E-state index contributed by atoms with van der Waals surface area (Å²) in [7, 11) is 1.39. The van der Waals surface area contributed by atoms with Crippen molar-refractivity contribution in [1.82, 2.24) is 5.16 Å². The second kappa shape index (κ2) is 9.23. The van der Waals surface area contributed by atoms with Crippen molar-refractivity contribution in [3.05, 3.63) is 76.4 Å². The van der Waals surface area contributed by atoms with E-state index in [1.807, 2.05) is 13.8 Å². The van der Waals surface area contributed by atoms with Crippen LogP contribution in [0.2, 0.25) is 0 Å². The SMILES string of the molecule is COc1ccc(COC(=O)Cc2ccc(OCc3c(C)noc3C)cc2)cc1F. The van der Waals surface area contributed by atoms with Gasteiger partial charge in [-0.2, -0.15) is 0 Å². The molecule has 2 aromatic carbocycles. The van der Waals surface area contributed by atoms with Crippen molar-refractivity contribution in [2.24, 2.45) is 0 Å². The summed E-state index contributed by atoms with van der Waals surface area (Å²) in [5.41, 5.74) is 3.08. The van der Waals surface area contributed by atoms with Gasteiger partial charge in [0.25, 0.3) is 0 Å². The number of hydrogen-bond donors (Lipinski definition) is 0. The van der Waals surface area contributed by atoms with Crippen molar-refractivity contribution < 1.29 is 27.9 Å². The predicted octanol–water partition coefficient (Wildman–Crippen LogP) is 4.30. The first-order chi connectivity index (χ1) is 14.0. The molecule has 7 heteroatoms. The number of nitrogens with zero attached hydrogens (tertiary/aromatic N) is 1. The topological polar surface area (TPSA) is 70.8 Å². The minimum Gasteiger partial charge on any atom is -0.494 e. The molecule has 1 heterocycles. The minimum atomic E-state index is -0.492. The molecular formula is C22H22FNO5. The number of rotatable bonds is 8. The first-order valence-electron chi connectivity index (χ1n) is 9.07. The third-order valence-electron chi connectivity index (χ3n) is 4.45. The Bertz CT molecular complexity index is 962. The molecule has 3 rings (SSSR count).